The summed E-state index contributed by atoms with van der Waals surface area (Å²) >= 11 is 0. The number of nitrogens with zero attached hydrogens (tertiary/aromatic N) is 3. The maximum absolute atomic E-state index is 5.91. The lowest BCUT2D eigenvalue weighted by Gasteiger charge is -2.30. The van der Waals surface area contributed by atoms with Crippen LogP contribution < -0.4 is 14.8 Å². The molecule has 2 aromatic carbocycles. The lowest BCUT2D eigenvalue weighted by molar-refractivity contribution is 0.190. The number of hydrogen-bond acceptors (Lipinski definition) is 7. The molecule has 1 fully saturated rings. The van der Waals surface area contributed by atoms with Crippen LogP contribution in [0.4, 0.5) is 0 Å². The number of hydrogen-bond donors (Lipinski definition) is 1. The van der Waals surface area contributed by atoms with Crippen molar-refractivity contribution >= 4 is 0 Å². The highest BCUT2D eigenvalue weighted by Crippen LogP contribution is 2.30. The lowest BCUT2D eigenvalue weighted by Crippen LogP contribution is -2.44. The molecule has 1 aromatic heterocycles. The standard InChI is InChI=1S/C21H24N4O3/c1-25-12-11-22-15-18(25)20-23-21(28-24-20)17-9-5-6-10-19(17)27-14-13-26-16-7-3-2-4-8-16/h2-10,18,22H,11-15H2,1H3. The van der Waals surface area contributed by atoms with Gasteiger partial charge >= 0.3 is 0 Å². The smallest absolute Gasteiger partial charge is 0.261 e. The molecule has 1 atom stereocenters. The van der Waals surface area contributed by atoms with Gasteiger partial charge in [-0.1, -0.05) is 35.5 Å². The molecule has 0 amide bonds. The van der Waals surface area contributed by atoms with E-state index in [1.54, 1.807) is 0 Å². The van der Waals surface area contributed by atoms with Crippen molar-refractivity contribution < 1.29 is 14.0 Å². The first kappa shape index (κ1) is 18.5. The Morgan fingerprint density at radius 1 is 1.07 bits per heavy atom. The molecule has 1 aliphatic heterocycles. The van der Waals surface area contributed by atoms with E-state index in [4.69, 9.17) is 14.0 Å². The SMILES string of the molecule is CN1CCNCC1c1noc(-c2ccccc2OCCOc2ccccc2)n1. The van der Waals surface area contributed by atoms with Crippen LogP contribution in [0.5, 0.6) is 11.5 Å². The van der Waals surface area contributed by atoms with E-state index in [9.17, 15) is 0 Å². The summed E-state index contributed by atoms with van der Waals surface area (Å²) in [7, 11) is 2.07. The molecule has 7 nitrogen and oxygen atoms in total. The maximum atomic E-state index is 5.91. The third-order valence-electron chi connectivity index (χ3n) is 4.72. The average Bonchev–Trinajstić information content (AvgIpc) is 3.22. The van der Waals surface area contributed by atoms with Crippen molar-refractivity contribution in [3.63, 3.8) is 0 Å². The fraction of sp³-hybridized carbons (Fsp3) is 0.333. The van der Waals surface area contributed by atoms with Gasteiger partial charge in [0.2, 0.25) is 0 Å². The van der Waals surface area contributed by atoms with E-state index in [1.165, 1.54) is 0 Å². The van der Waals surface area contributed by atoms with Crippen LogP contribution in [0, 0.1) is 0 Å². The highest BCUT2D eigenvalue weighted by atomic mass is 16.5. The zero-order chi connectivity index (χ0) is 19.2. The van der Waals surface area contributed by atoms with E-state index < -0.39 is 0 Å². The summed E-state index contributed by atoms with van der Waals surface area (Å²) in [5.41, 5.74) is 0.785. The second-order valence-corrected chi connectivity index (χ2v) is 6.66. The van der Waals surface area contributed by atoms with Gasteiger partial charge in [-0.3, -0.25) is 4.90 Å². The molecule has 1 aliphatic rings. The van der Waals surface area contributed by atoms with Gasteiger partial charge in [0.25, 0.3) is 5.89 Å². The highest BCUT2D eigenvalue weighted by molar-refractivity contribution is 5.62. The molecular formula is C21H24N4O3. The molecule has 1 N–H and O–H groups in total. The molecule has 0 bridgehead atoms. The molecule has 0 saturated carbocycles. The Labute approximate surface area is 164 Å². The molecule has 146 valence electrons. The first-order valence-electron chi connectivity index (χ1n) is 9.46. The van der Waals surface area contributed by atoms with Gasteiger partial charge in [0.1, 0.15) is 24.7 Å². The third-order valence-corrected chi connectivity index (χ3v) is 4.72. The van der Waals surface area contributed by atoms with Crippen molar-refractivity contribution in [1.29, 1.82) is 0 Å². The van der Waals surface area contributed by atoms with E-state index in [-0.39, 0.29) is 6.04 Å². The minimum absolute atomic E-state index is 0.110. The predicted octanol–water partition coefficient (Wildman–Crippen LogP) is 2.77. The molecule has 7 heteroatoms. The molecule has 1 unspecified atom stereocenters. The summed E-state index contributed by atoms with van der Waals surface area (Å²) in [6, 6.07) is 17.5. The van der Waals surface area contributed by atoms with Crippen molar-refractivity contribution in [3.8, 4) is 23.0 Å². The van der Waals surface area contributed by atoms with Gasteiger partial charge in [0.15, 0.2) is 5.82 Å². The van der Waals surface area contributed by atoms with Gasteiger partial charge in [-0.15, -0.1) is 0 Å². The fourth-order valence-corrected chi connectivity index (χ4v) is 3.17. The number of nitrogens with one attached hydrogen (secondary N) is 1. The largest absolute Gasteiger partial charge is 0.490 e. The molecule has 0 aliphatic carbocycles. The van der Waals surface area contributed by atoms with Crippen molar-refractivity contribution in [2.75, 3.05) is 39.9 Å². The van der Waals surface area contributed by atoms with Crippen LogP contribution >= 0.6 is 0 Å². The van der Waals surface area contributed by atoms with Crippen LogP contribution in [-0.2, 0) is 0 Å². The predicted molar refractivity (Wildman–Crippen MR) is 105 cm³/mol. The van der Waals surface area contributed by atoms with Crippen LogP contribution in [0.2, 0.25) is 0 Å². The van der Waals surface area contributed by atoms with E-state index in [2.05, 4.69) is 27.4 Å². The molecule has 3 aromatic rings. The Morgan fingerprint density at radius 2 is 1.86 bits per heavy atom. The van der Waals surface area contributed by atoms with Gasteiger partial charge < -0.3 is 19.3 Å². The quantitative estimate of drug-likeness (QED) is 0.632. The first-order chi connectivity index (χ1) is 13.8. The highest BCUT2D eigenvalue weighted by Gasteiger charge is 2.26. The molecule has 1 saturated heterocycles. The van der Waals surface area contributed by atoms with E-state index in [1.807, 2.05) is 54.6 Å². The summed E-state index contributed by atoms with van der Waals surface area (Å²) in [6.45, 7) is 3.60. The topological polar surface area (TPSA) is 72.7 Å². The summed E-state index contributed by atoms with van der Waals surface area (Å²) in [4.78, 5) is 6.85. The first-order valence-corrected chi connectivity index (χ1v) is 9.46. The monoisotopic (exact) mass is 380 g/mol. The summed E-state index contributed by atoms with van der Waals surface area (Å²) in [6.07, 6.45) is 0. The molecule has 0 radical (unpaired) electrons. The van der Waals surface area contributed by atoms with Crippen LogP contribution in [0.25, 0.3) is 11.5 Å². The number of aromatic nitrogens is 2. The summed E-state index contributed by atoms with van der Waals surface area (Å²) in [5.74, 6) is 2.68. The minimum atomic E-state index is 0.110. The van der Waals surface area contributed by atoms with Crippen LogP contribution in [0.15, 0.2) is 59.1 Å². The number of para-hydroxylation sites is 2. The summed E-state index contributed by atoms with van der Waals surface area (Å²) < 4.78 is 17.1. The number of likely N-dealkylation sites (N-methyl/N-ethyl adjacent to an activating group) is 1. The Kier molecular flexibility index (Phi) is 5.84. The van der Waals surface area contributed by atoms with Crippen molar-refractivity contribution in [2.45, 2.75) is 6.04 Å². The van der Waals surface area contributed by atoms with E-state index in [0.717, 1.165) is 30.9 Å². The van der Waals surface area contributed by atoms with Crippen molar-refractivity contribution in [3.05, 3.63) is 60.4 Å². The second kappa shape index (κ2) is 8.86. The van der Waals surface area contributed by atoms with Crippen molar-refractivity contribution in [1.82, 2.24) is 20.4 Å². The van der Waals surface area contributed by atoms with Gasteiger partial charge in [-0.2, -0.15) is 4.98 Å². The molecular weight excluding hydrogens is 356 g/mol. The number of ether oxygens (including phenoxy) is 2. The molecule has 2 heterocycles. The van der Waals surface area contributed by atoms with Crippen molar-refractivity contribution in [2.24, 2.45) is 0 Å². The van der Waals surface area contributed by atoms with E-state index >= 15 is 0 Å². The Hall–Kier alpha value is -2.90. The van der Waals surface area contributed by atoms with Gasteiger partial charge in [-0.25, -0.2) is 0 Å². The fourth-order valence-electron chi connectivity index (χ4n) is 3.17. The zero-order valence-electron chi connectivity index (χ0n) is 15.9. The normalized spacial score (nSPS) is 17.4. The third kappa shape index (κ3) is 4.32. The lowest BCUT2D eigenvalue weighted by atomic mass is 10.2. The van der Waals surface area contributed by atoms with Crippen LogP contribution in [0.3, 0.4) is 0 Å². The van der Waals surface area contributed by atoms with Gasteiger partial charge in [0.05, 0.1) is 11.6 Å². The Balaban J connectivity index is 1.41. The maximum Gasteiger partial charge on any atom is 0.261 e. The summed E-state index contributed by atoms with van der Waals surface area (Å²) in [5, 5.41) is 7.57. The van der Waals surface area contributed by atoms with Gasteiger partial charge in [-0.05, 0) is 31.3 Å². The second-order valence-electron chi connectivity index (χ2n) is 6.66. The Bertz CT molecular complexity index is 884. The van der Waals surface area contributed by atoms with Crippen LogP contribution in [-0.4, -0.2) is 54.9 Å². The van der Waals surface area contributed by atoms with E-state index in [0.29, 0.717) is 30.7 Å². The number of benzene rings is 2. The average molecular weight is 380 g/mol. The Morgan fingerprint density at radius 3 is 2.71 bits per heavy atom. The molecule has 28 heavy (non-hydrogen) atoms. The number of piperazine rings is 1. The van der Waals surface area contributed by atoms with Gasteiger partial charge in [0, 0.05) is 19.6 Å². The molecule has 4 rings (SSSR count). The van der Waals surface area contributed by atoms with Crippen LogP contribution in [0.1, 0.15) is 11.9 Å². The number of rotatable bonds is 7. The zero-order valence-corrected chi connectivity index (χ0v) is 15.9. The molecule has 0 spiro atoms. The minimum Gasteiger partial charge on any atom is -0.490 e.